The maximum Gasteiger partial charge on any atom is 0.410 e. The smallest absolute Gasteiger partial charge is 0.410 e. The van der Waals surface area contributed by atoms with Crippen molar-refractivity contribution in [3.8, 4) is 0 Å². The molecular weight excluding hydrogens is 204 g/mol. The fourth-order valence-electron chi connectivity index (χ4n) is 1.75. The molecule has 0 spiro atoms. The Morgan fingerprint density at radius 3 is 2.75 bits per heavy atom. The molecule has 1 fully saturated rings. The SMILES string of the molecule is CN/C=C/C1CCCN1C(=O)OC(C)(C)C. The van der Waals surface area contributed by atoms with Crippen LogP contribution in [0.4, 0.5) is 4.79 Å². The first kappa shape index (κ1) is 12.9. The van der Waals surface area contributed by atoms with Crippen molar-refractivity contribution in [1.82, 2.24) is 10.2 Å². The summed E-state index contributed by atoms with van der Waals surface area (Å²) in [6, 6.07) is 0.169. The predicted octanol–water partition coefficient (Wildman–Crippen LogP) is 2.12. The Morgan fingerprint density at radius 1 is 1.50 bits per heavy atom. The molecule has 1 unspecified atom stereocenters. The number of amides is 1. The molecule has 16 heavy (non-hydrogen) atoms. The zero-order valence-corrected chi connectivity index (χ0v) is 10.6. The van der Waals surface area contributed by atoms with Crippen LogP contribution in [0, 0.1) is 0 Å². The Bertz CT molecular complexity index is 269. The van der Waals surface area contributed by atoms with Gasteiger partial charge in [0.2, 0.25) is 0 Å². The van der Waals surface area contributed by atoms with E-state index in [1.165, 1.54) is 0 Å². The maximum atomic E-state index is 11.9. The Balaban J connectivity index is 2.57. The van der Waals surface area contributed by atoms with E-state index in [1.807, 2.05) is 40.1 Å². The van der Waals surface area contributed by atoms with Gasteiger partial charge in [0.1, 0.15) is 5.60 Å². The molecule has 4 heteroatoms. The van der Waals surface area contributed by atoms with E-state index in [1.54, 1.807) is 4.90 Å². The zero-order valence-electron chi connectivity index (χ0n) is 10.6. The van der Waals surface area contributed by atoms with Gasteiger partial charge >= 0.3 is 6.09 Å². The van der Waals surface area contributed by atoms with Crippen LogP contribution >= 0.6 is 0 Å². The van der Waals surface area contributed by atoms with Gasteiger partial charge in [-0.3, -0.25) is 0 Å². The second-order valence-corrected chi connectivity index (χ2v) is 5.03. The lowest BCUT2D eigenvalue weighted by atomic mass is 10.2. The largest absolute Gasteiger partial charge is 0.444 e. The number of hydrogen-bond acceptors (Lipinski definition) is 3. The molecule has 1 aliphatic heterocycles. The predicted molar refractivity (Wildman–Crippen MR) is 64.2 cm³/mol. The highest BCUT2D eigenvalue weighted by Gasteiger charge is 2.30. The molecule has 1 aliphatic rings. The van der Waals surface area contributed by atoms with E-state index in [0.717, 1.165) is 19.4 Å². The Morgan fingerprint density at radius 2 is 2.19 bits per heavy atom. The van der Waals surface area contributed by atoms with Crippen LogP contribution < -0.4 is 5.32 Å². The van der Waals surface area contributed by atoms with Gasteiger partial charge in [-0.25, -0.2) is 4.79 Å². The lowest BCUT2D eigenvalue weighted by molar-refractivity contribution is 0.0255. The third-order valence-electron chi connectivity index (χ3n) is 2.41. The Labute approximate surface area is 97.6 Å². The minimum atomic E-state index is -0.420. The lowest BCUT2D eigenvalue weighted by Gasteiger charge is -2.27. The summed E-state index contributed by atoms with van der Waals surface area (Å²) < 4.78 is 5.36. The van der Waals surface area contributed by atoms with E-state index < -0.39 is 5.60 Å². The first-order chi connectivity index (χ1) is 7.44. The van der Waals surface area contributed by atoms with E-state index in [-0.39, 0.29) is 12.1 Å². The number of nitrogens with one attached hydrogen (secondary N) is 1. The third-order valence-corrected chi connectivity index (χ3v) is 2.41. The van der Waals surface area contributed by atoms with Crippen molar-refractivity contribution >= 4 is 6.09 Å². The van der Waals surface area contributed by atoms with Crippen LogP contribution in [0.5, 0.6) is 0 Å². The number of hydrogen-bond donors (Lipinski definition) is 1. The Hall–Kier alpha value is -1.19. The topological polar surface area (TPSA) is 41.6 Å². The summed E-state index contributed by atoms with van der Waals surface area (Å²) in [5.41, 5.74) is -0.420. The first-order valence-corrected chi connectivity index (χ1v) is 5.77. The van der Waals surface area contributed by atoms with E-state index >= 15 is 0 Å². The summed E-state index contributed by atoms with van der Waals surface area (Å²) in [7, 11) is 1.85. The minimum absolute atomic E-state index is 0.169. The number of ether oxygens (including phenoxy) is 1. The van der Waals surface area contributed by atoms with Gasteiger partial charge in [0.05, 0.1) is 6.04 Å². The maximum absolute atomic E-state index is 11.9. The van der Waals surface area contributed by atoms with Crippen molar-refractivity contribution in [1.29, 1.82) is 0 Å². The number of likely N-dealkylation sites (tertiary alicyclic amines) is 1. The molecule has 0 aromatic carbocycles. The van der Waals surface area contributed by atoms with Crippen LogP contribution in [0.25, 0.3) is 0 Å². The standard InChI is InChI=1S/C12H22N2O2/c1-12(2,3)16-11(15)14-9-5-6-10(14)7-8-13-4/h7-8,10,13H,5-6,9H2,1-4H3/b8-7+. The van der Waals surface area contributed by atoms with E-state index in [4.69, 9.17) is 4.74 Å². The number of carbonyl (C=O) groups is 1. The van der Waals surface area contributed by atoms with E-state index in [0.29, 0.717) is 0 Å². The van der Waals surface area contributed by atoms with Crippen LogP contribution in [0.15, 0.2) is 12.3 Å². The summed E-state index contributed by atoms with van der Waals surface area (Å²) >= 11 is 0. The van der Waals surface area contributed by atoms with Gasteiger partial charge in [-0.15, -0.1) is 0 Å². The van der Waals surface area contributed by atoms with Crippen molar-refractivity contribution in [2.45, 2.75) is 45.3 Å². The van der Waals surface area contributed by atoms with Crippen LogP contribution in [-0.4, -0.2) is 36.2 Å². The van der Waals surface area contributed by atoms with Crippen LogP contribution in [-0.2, 0) is 4.74 Å². The quantitative estimate of drug-likeness (QED) is 0.784. The van der Waals surface area contributed by atoms with E-state index in [2.05, 4.69) is 5.32 Å². The summed E-state index contributed by atoms with van der Waals surface area (Å²) in [6.07, 6.45) is 5.72. The van der Waals surface area contributed by atoms with Gasteiger partial charge < -0.3 is 15.0 Å². The van der Waals surface area contributed by atoms with Gasteiger partial charge in [-0.1, -0.05) is 0 Å². The number of nitrogens with zero attached hydrogens (tertiary/aromatic N) is 1. The molecule has 1 saturated heterocycles. The van der Waals surface area contributed by atoms with Crippen LogP contribution in [0.2, 0.25) is 0 Å². The summed E-state index contributed by atoms with van der Waals surface area (Å²) in [4.78, 5) is 13.7. The molecular formula is C12H22N2O2. The van der Waals surface area contributed by atoms with Crippen molar-refractivity contribution in [2.24, 2.45) is 0 Å². The molecule has 0 aromatic heterocycles. The molecule has 1 atom stereocenters. The molecule has 0 bridgehead atoms. The molecule has 0 aromatic rings. The molecule has 1 N–H and O–H groups in total. The van der Waals surface area contributed by atoms with Crippen LogP contribution in [0.1, 0.15) is 33.6 Å². The molecule has 92 valence electrons. The van der Waals surface area contributed by atoms with Gasteiger partial charge in [0.25, 0.3) is 0 Å². The lowest BCUT2D eigenvalue weighted by Crippen LogP contribution is -2.39. The fourth-order valence-corrected chi connectivity index (χ4v) is 1.75. The highest BCUT2D eigenvalue weighted by atomic mass is 16.6. The first-order valence-electron chi connectivity index (χ1n) is 5.77. The highest BCUT2D eigenvalue weighted by molar-refractivity contribution is 5.69. The second-order valence-electron chi connectivity index (χ2n) is 5.03. The summed E-state index contributed by atoms with van der Waals surface area (Å²) in [5, 5.41) is 2.94. The fraction of sp³-hybridized carbons (Fsp3) is 0.750. The summed E-state index contributed by atoms with van der Waals surface area (Å²) in [5.74, 6) is 0. The molecule has 4 nitrogen and oxygen atoms in total. The second kappa shape index (κ2) is 5.23. The average Bonchev–Trinajstić information content (AvgIpc) is 2.59. The van der Waals surface area contributed by atoms with Crippen molar-refractivity contribution < 1.29 is 9.53 Å². The third kappa shape index (κ3) is 3.76. The van der Waals surface area contributed by atoms with Gasteiger partial charge in [0.15, 0.2) is 0 Å². The molecule has 1 amide bonds. The van der Waals surface area contributed by atoms with Gasteiger partial charge in [-0.2, -0.15) is 0 Å². The monoisotopic (exact) mass is 226 g/mol. The minimum Gasteiger partial charge on any atom is -0.444 e. The highest BCUT2D eigenvalue weighted by Crippen LogP contribution is 2.21. The van der Waals surface area contributed by atoms with Gasteiger partial charge in [0, 0.05) is 13.6 Å². The van der Waals surface area contributed by atoms with Gasteiger partial charge in [-0.05, 0) is 45.9 Å². The molecule has 0 saturated carbocycles. The van der Waals surface area contributed by atoms with E-state index in [9.17, 15) is 4.79 Å². The number of carbonyl (C=O) groups excluding carboxylic acids is 1. The van der Waals surface area contributed by atoms with Crippen molar-refractivity contribution in [2.75, 3.05) is 13.6 Å². The average molecular weight is 226 g/mol. The van der Waals surface area contributed by atoms with Crippen LogP contribution in [0.3, 0.4) is 0 Å². The normalized spacial score (nSPS) is 21.5. The molecule has 1 heterocycles. The van der Waals surface area contributed by atoms with Crippen molar-refractivity contribution in [3.05, 3.63) is 12.3 Å². The zero-order chi connectivity index (χ0) is 12.2. The number of rotatable bonds is 2. The molecule has 0 radical (unpaired) electrons. The van der Waals surface area contributed by atoms with Crippen molar-refractivity contribution in [3.63, 3.8) is 0 Å². The Kier molecular flexibility index (Phi) is 4.21. The molecule has 1 rings (SSSR count). The molecule has 0 aliphatic carbocycles. The summed E-state index contributed by atoms with van der Waals surface area (Å²) in [6.45, 7) is 6.45.